The van der Waals surface area contributed by atoms with Gasteiger partial charge in [-0.15, -0.1) is 0 Å². The highest BCUT2D eigenvalue weighted by atomic mass is 16.5. The molecule has 2 saturated heterocycles. The number of carbonyl (C=O) groups is 1. The lowest BCUT2D eigenvalue weighted by Gasteiger charge is -2.26. The number of piperazine rings is 1. The molecule has 2 heterocycles. The third kappa shape index (κ3) is 1.85. The van der Waals surface area contributed by atoms with Crippen molar-refractivity contribution in [3.05, 3.63) is 24.3 Å². The van der Waals surface area contributed by atoms with Crippen LogP contribution in [0.5, 0.6) is 5.75 Å². The summed E-state index contributed by atoms with van der Waals surface area (Å²) in [5, 5.41) is 3.27. The van der Waals surface area contributed by atoms with Crippen LogP contribution in [0.15, 0.2) is 24.3 Å². The molecule has 1 amide bonds. The van der Waals surface area contributed by atoms with E-state index in [0.717, 1.165) is 31.1 Å². The topological polar surface area (TPSA) is 44.8 Å². The van der Waals surface area contributed by atoms with Crippen molar-refractivity contribution in [2.75, 3.05) is 38.3 Å². The summed E-state index contributed by atoms with van der Waals surface area (Å²) in [6.07, 6.45) is 0. The van der Waals surface area contributed by atoms with Gasteiger partial charge in [0.2, 0.25) is 5.91 Å². The van der Waals surface area contributed by atoms with E-state index in [-0.39, 0.29) is 11.9 Å². The van der Waals surface area contributed by atoms with Crippen molar-refractivity contribution in [1.29, 1.82) is 0 Å². The Morgan fingerprint density at radius 1 is 1.44 bits per heavy atom. The summed E-state index contributed by atoms with van der Waals surface area (Å²) in [4.78, 5) is 16.4. The lowest BCUT2D eigenvalue weighted by molar-refractivity contribution is -0.119. The molecule has 0 spiro atoms. The highest BCUT2D eigenvalue weighted by Crippen LogP contribution is 2.26. The van der Waals surface area contributed by atoms with Crippen molar-refractivity contribution in [2.45, 2.75) is 6.04 Å². The van der Waals surface area contributed by atoms with Crippen LogP contribution in [-0.4, -0.2) is 50.3 Å². The van der Waals surface area contributed by atoms with E-state index in [4.69, 9.17) is 4.74 Å². The summed E-state index contributed by atoms with van der Waals surface area (Å²) in [6.45, 7) is 3.31. The Hall–Kier alpha value is -1.59. The second-order valence-electron chi connectivity index (χ2n) is 4.64. The van der Waals surface area contributed by atoms with Gasteiger partial charge < -0.3 is 10.1 Å². The molecule has 2 aliphatic rings. The number of nitrogens with one attached hydrogen (secondary N) is 1. The van der Waals surface area contributed by atoms with Crippen LogP contribution >= 0.6 is 0 Å². The van der Waals surface area contributed by atoms with Crippen molar-refractivity contribution >= 4 is 11.6 Å². The zero-order valence-corrected chi connectivity index (χ0v) is 10.4. The zero-order chi connectivity index (χ0) is 12.5. The fraction of sp³-hybridized carbons (Fsp3) is 0.462. The zero-order valence-electron chi connectivity index (χ0n) is 10.4. The van der Waals surface area contributed by atoms with E-state index in [1.807, 2.05) is 29.2 Å². The van der Waals surface area contributed by atoms with E-state index in [1.54, 1.807) is 7.11 Å². The molecule has 5 heteroatoms. The van der Waals surface area contributed by atoms with Gasteiger partial charge in [-0.05, 0) is 12.1 Å². The fourth-order valence-corrected chi connectivity index (χ4v) is 2.58. The van der Waals surface area contributed by atoms with Crippen LogP contribution in [0, 0.1) is 0 Å². The minimum Gasteiger partial charge on any atom is -0.497 e. The molecule has 1 aromatic rings. The van der Waals surface area contributed by atoms with Crippen LogP contribution in [0.25, 0.3) is 0 Å². The van der Waals surface area contributed by atoms with Crippen LogP contribution in [0.4, 0.5) is 5.69 Å². The Morgan fingerprint density at radius 3 is 3.11 bits per heavy atom. The molecular weight excluding hydrogens is 230 g/mol. The van der Waals surface area contributed by atoms with E-state index in [0.29, 0.717) is 6.67 Å². The van der Waals surface area contributed by atoms with E-state index in [2.05, 4.69) is 10.2 Å². The van der Waals surface area contributed by atoms with Crippen LogP contribution in [-0.2, 0) is 4.79 Å². The van der Waals surface area contributed by atoms with Crippen LogP contribution in [0.1, 0.15) is 0 Å². The molecule has 0 aliphatic carbocycles. The van der Waals surface area contributed by atoms with E-state index in [1.165, 1.54) is 0 Å². The summed E-state index contributed by atoms with van der Waals surface area (Å²) in [7, 11) is 1.64. The summed E-state index contributed by atoms with van der Waals surface area (Å²) in [5.74, 6) is 0.957. The Bertz CT molecular complexity index is 463. The SMILES string of the molecule is COc1cccc(N2CN3CCNCC3C2=O)c1. The first kappa shape index (κ1) is 11.5. The Balaban J connectivity index is 1.86. The number of fused-ring (bicyclic) bond motifs is 1. The van der Waals surface area contributed by atoms with Gasteiger partial charge in [0, 0.05) is 31.4 Å². The van der Waals surface area contributed by atoms with Crippen molar-refractivity contribution in [3.8, 4) is 5.75 Å². The van der Waals surface area contributed by atoms with Crippen molar-refractivity contribution in [2.24, 2.45) is 0 Å². The number of hydrogen-bond donors (Lipinski definition) is 1. The minimum absolute atomic E-state index is 0.00930. The molecule has 1 unspecified atom stereocenters. The predicted molar refractivity (Wildman–Crippen MR) is 68.7 cm³/mol. The molecule has 2 fully saturated rings. The minimum atomic E-state index is -0.00930. The van der Waals surface area contributed by atoms with Gasteiger partial charge in [-0.3, -0.25) is 14.6 Å². The first-order valence-corrected chi connectivity index (χ1v) is 6.20. The highest BCUT2D eigenvalue weighted by Gasteiger charge is 2.40. The van der Waals surface area contributed by atoms with Crippen molar-refractivity contribution in [3.63, 3.8) is 0 Å². The maximum Gasteiger partial charge on any atom is 0.246 e. The van der Waals surface area contributed by atoms with Gasteiger partial charge in [-0.1, -0.05) is 6.07 Å². The molecule has 1 N–H and O–H groups in total. The number of ether oxygens (including phenoxy) is 1. The molecule has 0 aromatic heterocycles. The maximum atomic E-state index is 12.3. The lowest BCUT2D eigenvalue weighted by atomic mass is 10.2. The van der Waals surface area contributed by atoms with Gasteiger partial charge in [0.15, 0.2) is 0 Å². The van der Waals surface area contributed by atoms with Crippen molar-refractivity contribution < 1.29 is 9.53 Å². The van der Waals surface area contributed by atoms with E-state index < -0.39 is 0 Å². The number of methoxy groups -OCH3 is 1. The Morgan fingerprint density at radius 2 is 2.33 bits per heavy atom. The summed E-state index contributed by atoms with van der Waals surface area (Å²) in [5.41, 5.74) is 0.911. The molecule has 2 aliphatic heterocycles. The van der Waals surface area contributed by atoms with E-state index in [9.17, 15) is 4.79 Å². The molecule has 3 rings (SSSR count). The maximum absolute atomic E-state index is 12.3. The first-order valence-electron chi connectivity index (χ1n) is 6.20. The van der Waals surface area contributed by atoms with Gasteiger partial charge >= 0.3 is 0 Å². The summed E-state index contributed by atoms with van der Waals surface area (Å²) < 4.78 is 5.20. The first-order chi connectivity index (χ1) is 8.79. The van der Waals surface area contributed by atoms with Gasteiger partial charge in [-0.2, -0.15) is 0 Å². The molecular formula is C13H17N3O2. The van der Waals surface area contributed by atoms with Crippen LogP contribution < -0.4 is 15.0 Å². The molecule has 0 bridgehead atoms. The molecule has 1 atom stereocenters. The fourth-order valence-electron chi connectivity index (χ4n) is 2.58. The summed E-state index contributed by atoms with van der Waals surface area (Å²) in [6, 6.07) is 7.65. The standard InChI is InChI=1S/C13H17N3O2/c1-18-11-4-2-3-10(7-11)16-9-15-6-5-14-8-12(15)13(16)17/h2-4,7,12,14H,5-6,8-9H2,1H3. The molecule has 0 radical (unpaired) electrons. The summed E-state index contributed by atoms with van der Waals surface area (Å²) >= 11 is 0. The Labute approximate surface area is 106 Å². The quantitative estimate of drug-likeness (QED) is 0.815. The lowest BCUT2D eigenvalue weighted by Crippen LogP contribution is -2.50. The monoisotopic (exact) mass is 247 g/mol. The number of anilines is 1. The number of rotatable bonds is 2. The van der Waals surface area contributed by atoms with Gasteiger partial charge in [0.25, 0.3) is 0 Å². The predicted octanol–water partition coefficient (Wildman–Crippen LogP) is 0.273. The Kier molecular flexibility index (Phi) is 2.93. The normalized spacial score (nSPS) is 24.2. The number of nitrogens with zero attached hydrogens (tertiary/aromatic N) is 2. The average molecular weight is 247 g/mol. The molecule has 5 nitrogen and oxygen atoms in total. The number of benzene rings is 1. The van der Waals surface area contributed by atoms with Crippen LogP contribution in [0.3, 0.4) is 0 Å². The molecule has 1 aromatic carbocycles. The smallest absolute Gasteiger partial charge is 0.246 e. The van der Waals surface area contributed by atoms with Gasteiger partial charge in [0.05, 0.1) is 13.8 Å². The molecule has 96 valence electrons. The third-order valence-electron chi connectivity index (χ3n) is 3.59. The second kappa shape index (κ2) is 4.59. The number of carbonyl (C=O) groups excluding carboxylic acids is 1. The largest absolute Gasteiger partial charge is 0.497 e. The van der Waals surface area contributed by atoms with E-state index >= 15 is 0 Å². The van der Waals surface area contributed by atoms with Gasteiger partial charge in [0.1, 0.15) is 11.8 Å². The number of hydrogen-bond acceptors (Lipinski definition) is 4. The van der Waals surface area contributed by atoms with Gasteiger partial charge in [-0.25, -0.2) is 0 Å². The average Bonchev–Trinajstić information content (AvgIpc) is 2.77. The molecule has 0 saturated carbocycles. The van der Waals surface area contributed by atoms with Crippen molar-refractivity contribution in [1.82, 2.24) is 10.2 Å². The second-order valence-corrected chi connectivity index (χ2v) is 4.64. The molecule has 18 heavy (non-hydrogen) atoms. The third-order valence-corrected chi connectivity index (χ3v) is 3.59. The van der Waals surface area contributed by atoms with Crippen LogP contribution in [0.2, 0.25) is 0 Å². The highest BCUT2D eigenvalue weighted by molar-refractivity contribution is 5.99. The number of amides is 1.